The van der Waals surface area contributed by atoms with Crippen LogP contribution in [0.1, 0.15) is 6.92 Å². The Morgan fingerprint density at radius 3 is 2.38 bits per heavy atom. The minimum Gasteiger partial charge on any atom is -0.480 e. The van der Waals surface area contributed by atoms with Crippen LogP contribution in [0.4, 0.5) is 0 Å². The number of nitrogens with two attached hydrogens (primary N) is 1. The molecule has 0 bridgehead atoms. The fraction of sp³-hybridized carbons (Fsp3) is 0.625. The molecule has 0 aromatic heterocycles. The third-order valence-corrected chi connectivity index (χ3v) is 1.57. The van der Waals surface area contributed by atoms with Gasteiger partial charge in [0.15, 0.2) is 6.04 Å². The summed E-state index contributed by atoms with van der Waals surface area (Å²) in [4.78, 5) is 32.1. The summed E-state index contributed by atoms with van der Waals surface area (Å²) in [6, 6.07) is -2.54. The summed E-state index contributed by atoms with van der Waals surface area (Å²) in [6.07, 6.45) is 0. The molecule has 0 aromatic rings. The van der Waals surface area contributed by atoms with Gasteiger partial charge < -0.3 is 26.0 Å². The highest BCUT2D eigenvalue weighted by Crippen LogP contribution is 1.91. The normalized spacial score (nSPS) is 13.7. The molecule has 5 N–H and O–H groups in total. The van der Waals surface area contributed by atoms with Crippen LogP contribution in [0.5, 0.6) is 0 Å². The van der Waals surface area contributed by atoms with Crippen LogP contribution in [-0.4, -0.2) is 53.4 Å². The molecule has 92 valence electrons. The van der Waals surface area contributed by atoms with Crippen molar-refractivity contribution < 1.29 is 29.3 Å². The van der Waals surface area contributed by atoms with Crippen molar-refractivity contribution in [1.29, 1.82) is 0 Å². The lowest BCUT2D eigenvalue weighted by molar-refractivity contribution is -0.151. The number of aliphatic carboxylic acids is 1. The van der Waals surface area contributed by atoms with Crippen LogP contribution >= 0.6 is 0 Å². The van der Waals surface area contributed by atoms with Crippen molar-refractivity contribution in [3.8, 4) is 0 Å². The molecular weight excluding hydrogens is 220 g/mol. The number of hydrogen-bond donors (Lipinski definition) is 4. The number of carboxylic acids is 1. The molecule has 2 atom stereocenters. The Kier molecular flexibility index (Phi) is 6.04. The lowest BCUT2D eigenvalue weighted by atomic mass is 10.3. The molecule has 0 aromatic carbocycles. The number of carboxylic acid groups (broad SMARTS) is 1. The molecule has 0 saturated heterocycles. The largest absolute Gasteiger partial charge is 0.480 e. The van der Waals surface area contributed by atoms with E-state index in [0.717, 1.165) is 0 Å². The monoisotopic (exact) mass is 234 g/mol. The number of carbonyl (C=O) groups is 3. The summed E-state index contributed by atoms with van der Waals surface area (Å²) in [7, 11) is 0. The molecule has 0 saturated carbocycles. The van der Waals surface area contributed by atoms with Gasteiger partial charge in [0.1, 0.15) is 12.6 Å². The zero-order chi connectivity index (χ0) is 12.7. The van der Waals surface area contributed by atoms with E-state index >= 15 is 0 Å². The molecular formula is C8H14N2O6. The van der Waals surface area contributed by atoms with Gasteiger partial charge in [-0.2, -0.15) is 0 Å². The first-order valence-electron chi connectivity index (χ1n) is 4.41. The van der Waals surface area contributed by atoms with E-state index in [1.54, 1.807) is 0 Å². The maximum Gasteiger partial charge on any atom is 0.331 e. The number of hydrogen-bond acceptors (Lipinski definition) is 6. The zero-order valence-corrected chi connectivity index (χ0v) is 8.67. The van der Waals surface area contributed by atoms with Crippen LogP contribution in [-0.2, 0) is 19.1 Å². The summed E-state index contributed by atoms with van der Waals surface area (Å²) in [5.74, 6) is -2.76. The smallest absolute Gasteiger partial charge is 0.331 e. The number of nitrogens with one attached hydrogen (secondary N) is 1. The average Bonchev–Trinajstić information content (AvgIpc) is 2.21. The minimum absolute atomic E-state index is 0.515. The fourth-order valence-electron chi connectivity index (χ4n) is 0.768. The molecule has 8 heteroatoms. The Morgan fingerprint density at radius 1 is 1.44 bits per heavy atom. The molecule has 8 nitrogen and oxygen atoms in total. The molecule has 0 fully saturated rings. The van der Waals surface area contributed by atoms with E-state index in [-0.39, 0.29) is 0 Å². The summed E-state index contributed by atoms with van der Waals surface area (Å²) in [5.41, 5.74) is 5.08. The molecule has 0 rings (SSSR count). The maximum atomic E-state index is 11.2. The standard InChI is InChI=1S/C8H14N2O6/c1-4(12)10-6(2-11)8(15)16-3-5(9)7(13)14/h5-6,11H,2-3,9H2,1H3,(H,10,12)(H,13,14)/t5-,6-/m0/s1. The van der Waals surface area contributed by atoms with Crippen molar-refractivity contribution in [1.82, 2.24) is 5.32 Å². The topological polar surface area (TPSA) is 139 Å². The molecule has 0 radical (unpaired) electrons. The second-order valence-electron chi connectivity index (χ2n) is 3.01. The van der Waals surface area contributed by atoms with E-state index in [2.05, 4.69) is 10.1 Å². The molecule has 0 heterocycles. The summed E-state index contributed by atoms with van der Waals surface area (Å²) < 4.78 is 4.50. The molecule has 0 spiro atoms. The van der Waals surface area contributed by atoms with E-state index in [1.807, 2.05) is 0 Å². The Balaban J connectivity index is 4.12. The molecule has 1 amide bonds. The molecule has 0 aliphatic rings. The van der Waals surface area contributed by atoms with Gasteiger partial charge in [0.05, 0.1) is 6.61 Å². The highest BCUT2D eigenvalue weighted by molar-refractivity contribution is 5.83. The van der Waals surface area contributed by atoms with Gasteiger partial charge in [0, 0.05) is 6.92 Å². The maximum absolute atomic E-state index is 11.2. The first-order chi connectivity index (χ1) is 7.38. The number of amides is 1. The van der Waals surface area contributed by atoms with Crippen molar-refractivity contribution >= 4 is 17.8 Å². The third-order valence-electron chi connectivity index (χ3n) is 1.57. The lowest BCUT2D eigenvalue weighted by Gasteiger charge is -2.15. The highest BCUT2D eigenvalue weighted by atomic mass is 16.5. The second kappa shape index (κ2) is 6.75. The Hall–Kier alpha value is -1.67. The molecule has 0 unspecified atom stereocenters. The van der Waals surface area contributed by atoms with E-state index in [0.29, 0.717) is 0 Å². The second-order valence-corrected chi connectivity index (χ2v) is 3.01. The number of aliphatic hydroxyl groups is 1. The van der Waals surface area contributed by atoms with Gasteiger partial charge in [-0.1, -0.05) is 0 Å². The van der Waals surface area contributed by atoms with Gasteiger partial charge in [-0.15, -0.1) is 0 Å². The molecule has 0 aliphatic carbocycles. The molecule has 16 heavy (non-hydrogen) atoms. The predicted molar refractivity (Wildman–Crippen MR) is 51.3 cm³/mol. The minimum atomic E-state index is -1.33. The van der Waals surface area contributed by atoms with E-state index in [1.165, 1.54) is 6.92 Å². The van der Waals surface area contributed by atoms with Crippen LogP contribution in [0.3, 0.4) is 0 Å². The highest BCUT2D eigenvalue weighted by Gasteiger charge is 2.22. The first-order valence-corrected chi connectivity index (χ1v) is 4.41. The number of carbonyl (C=O) groups excluding carboxylic acids is 2. The Morgan fingerprint density at radius 2 is 2.00 bits per heavy atom. The van der Waals surface area contributed by atoms with Crippen LogP contribution in [0.15, 0.2) is 0 Å². The van der Waals surface area contributed by atoms with Crippen LogP contribution in [0, 0.1) is 0 Å². The van der Waals surface area contributed by atoms with Crippen LogP contribution in [0.25, 0.3) is 0 Å². The predicted octanol–water partition coefficient (Wildman–Crippen LogP) is -2.56. The Labute approximate surface area is 91.4 Å². The van der Waals surface area contributed by atoms with Crippen molar-refractivity contribution in [2.75, 3.05) is 13.2 Å². The van der Waals surface area contributed by atoms with Gasteiger partial charge in [-0.05, 0) is 0 Å². The summed E-state index contributed by atoms with van der Waals surface area (Å²) >= 11 is 0. The van der Waals surface area contributed by atoms with E-state index in [9.17, 15) is 14.4 Å². The number of ether oxygens (including phenoxy) is 1. The number of rotatable bonds is 6. The fourth-order valence-corrected chi connectivity index (χ4v) is 0.768. The van der Waals surface area contributed by atoms with E-state index in [4.69, 9.17) is 15.9 Å². The van der Waals surface area contributed by atoms with Gasteiger partial charge in [-0.3, -0.25) is 9.59 Å². The summed E-state index contributed by atoms with van der Waals surface area (Å²) in [6.45, 7) is 0.00387. The van der Waals surface area contributed by atoms with Crippen molar-refractivity contribution in [3.05, 3.63) is 0 Å². The lowest BCUT2D eigenvalue weighted by Crippen LogP contribution is -2.45. The van der Waals surface area contributed by atoms with Gasteiger partial charge in [0.2, 0.25) is 5.91 Å². The van der Waals surface area contributed by atoms with Gasteiger partial charge in [0.25, 0.3) is 0 Å². The molecule has 0 aliphatic heterocycles. The van der Waals surface area contributed by atoms with Gasteiger partial charge >= 0.3 is 11.9 Å². The number of aliphatic hydroxyl groups excluding tert-OH is 1. The Bertz CT molecular complexity index is 280. The van der Waals surface area contributed by atoms with Crippen molar-refractivity contribution in [2.45, 2.75) is 19.0 Å². The zero-order valence-electron chi connectivity index (χ0n) is 8.67. The van der Waals surface area contributed by atoms with E-state index < -0.39 is 43.1 Å². The van der Waals surface area contributed by atoms with Crippen molar-refractivity contribution in [2.24, 2.45) is 5.73 Å². The third kappa shape index (κ3) is 5.27. The quantitative estimate of drug-likeness (QED) is 0.370. The average molecular weight is 234 g/mol. The summed E-state index contributed by atoms with van der Waals surface area (Å²) in [5, 5.41) is 19.3. The SMILES string of the molecule is CC(=O)N[C@@H](CO)C(=O)OC[C@H](N)C(=O)O. The van der Waals surface area contributed by atoms with Crippen LogP contribution < -0.4 is 11.1 Å². The number of esters is 1. The van der Waals surface area contributed by atoms with Crippen molar-refractivity contribution in [3.63, 3.8) is 0 Å². The van der Waals surface area contributed by atoms with Crippen LogP contribution in [0.2, 0.25) is 0 Å². The van der Waals surface area contributed by atoms with Gasteiger partial charge in [-0.25, -0.2) is 4.79 Å². The first kappa shape index (κ1) is 14.3.